The molecule has 0 aliphatic rings. The van der Waals surface area contributed by atoms with Crippen molar-refractivity contribution in [2.45, 2.75) is 33.2 Å². The van der Waals surface area contributed by atoms with E-state index in [2.05, 4.69) is 19.9 Å². The molecule has 4 heteroatoms. The van der Waals surface area contributed by atoms with Crippen molar-refractivity contribution >= 4 is 17.2 Å². The van der Waals surface area contributed by atoms with Crippen molar-refractivity contribution < 1.29 is 4.79 Å². The molecule has 0 unspecified atom stereocenters. The number of carbonyl (C=O) groups is 1. The van der Waals surface area contributed by atoms with Gasteiger partial charge in [0.2, 0.25) is 5.91 Å². The summed E-state index contributed by atoms with van der Waals surface area (Å²) in [7, 11) is 1.87. The molecule has 1 atom stereocenters. The molecule has 0 aliphatic carbocycles. The highest BCUT2D eigenvalue weighted by Crippen LogP contribution is 2.17. The summed E-state index contributed by atoms with van der Waals surface area (Å²) in [4.78, 5) is 15.1. The Hall–Kier alpha value is -0.870. The van der Waals surface area contributed by atoms with Crippen LogP contribution >= 0.6 is 11.3 Å². The van der Waals surface area contributed by atoms with Gasteiger partial charge < -0.3 is 10.6 Å². The molecule has 0 saturated carbocycles. The largest absolute Gasteiger partial charge is 0.341 e. The van der Waals surface area contributed by atoms with Crippen molar-refractivity contribution in [3.8, 4) is 0 Å². The Morgan fingerprint density at radius 1 is 1.50 bits per heavy atom. The van der Waals surface area contributed by atoms with E-state index in [-0.39, 0.29) is 5.91 Å². The standard InChI is InChI=1S/C14H24N2OS/c1-11(2)7-12(9-15)8-14(17)16(3)10-13-5-4-6-18-13/h4-6,11-12H,7-10,15H2,1-3H3/t12-/m0/s1. The van der Waals surface area contributed by atoms with Gasteiger partial charge in [-0.15, -0.1) is 11.3 Å². The van der Waals surface area contributed by atoms with Gasteiger partial charge in [0, 0.05) is 18.3 Å². The zero-order valence-corrected chi connectivity index (χ0v) is 12.4. The van der Waals surface area contributed by atoms with Gasteiger partial charge in [0.25, 0.3) is 0 Å². The van der Waals surface area contributed by atoms with Gasteiger partial charge in [-0.2, -0.15) is 0 Å². The number of amides is 1. The van der Waals surface area contributed by atoms with Gasteiger partial charge in [0.15, 0.2) is 0 Å². The second-order valence-electron chi connectivity index (χ2n) is 5.26. The van der Waals surface area contributed by atoms with Crippen LogP contribution in [0.15, 0.2) is 17.5 Å². The van der Waals surface area contributed by atoms with Crippen molar-refractivity contribution in [2.75, 3.05) is 13.6 Å². The first-order valence-corrected chi connectivity index (χ1v) is 7.37. The monoisotopic (exact) mass is 268 g/mol. The Balaban J connectivity index is 2.43. The molecule has 0 aliphatic heterocycles. The summed E-state index contributed by atoms with van der Waals surface area (Å²) >= 11 is 1.69. The minimum atomic E-state index is 0.194. The van der Waals surface area contributed by atoms with E-state index in [9.17, 15) is 4.79 Å². The smallest absolute Gasteiger partial charge is 0.222 e. The second-order valence-corrected chi connectivity index (χ2v) is 6.30. The van der Waals surface area contributed by atoms with Crippen molar-refractivity contribution in [1.82, 2.24) is 4.90 Å². The molecular weight excluding hydrogens is 244 g/mol. The van der Waals surface area contributed by atoms with Crippen LogP contribution in [0.2, 0.25) is 0 Å². The lowest BCUT2D eigenvalue weighted by atomic mass is 9.94. The highest BCUT2D eigenvalue weighted by Gasteiger charge is 2.17. The predicted octanol–water partition coefficient (Wildman–Crippen LogP) is 2.72. The van der Waals surface area contributed by atoms with Crippen LogP contribution in [0.25, 0.3) is 0 Å². The molecule has 18 heavy (non-hydrogen) atoms. The van der Waals surface area contributed by atoms with E-state index in [0.717, 1.165) is 6.42 Å². The lowest BCUT2D eigenvalue weighted by Gasteiger charge is -2.21. The SMILES string of the molecule is CC(C)C[C@H](CN)CC(=O)N(C)Cc1cccs1. The normalized spacial score (nSPS) is 12.7. The summed E-state index contributed by atoms with van der Waals surface area (Å²) in [6, 6.07) is 4.07. The van der Waals surface area contributed by atoms with Gasteiger partial charge in [0.1, 0.15) is 0 Å². The highest BCUT2D eigenvalue weighted by atomic mass is 32.1. The first kappa shape index (κ1) is 15.2. The van der Waals surface area contributed by atoms with E-state index >= 15 is 0 Å². The van der Waals surface area contributed by atoms with Gasteiger partial charge in [0.05, 0.1) is 6.54 Å². The number of rotatable bonds is 7. The van der Waals surface area contributed by atoms with Crippen molar-refractivity contribution in [1.29, 1.82) is 0 Å². The molecule has 0 saturated heterocycles. The Kier molecular flexibility index (Phi) is 6.36. The quantitative estimate of drug-likeness (QED) is 0.826. The Morgan fingerprint density at radius 3 is 2.72 bits per heavy atom. The average Bonchev–Trinajstić information content (AvgIpc) is 2.80. The van der Waals surface area contributed by atoms with Crippen molar-refractivity contribution in [3.63, 3.8) is 0 Å². The summed E-state index contributed by atoms with van der Waals surface area (Å²) in [5.74, 6) is 1.09. The third kappa shape index (κ3) is 5.19. The second kappa shape index (κ2) is 7.54. The zero-order chi connectivity index (χ0) is 13.5. The lowest BCUT2D eigenvalue weighted by molar-refractivity contribution is -0.131. The van der Waals surface area contributed by atoms with E-state index in [4.69, 9.17) is 5.73 Å². The Labute approximate surface area is 114 Å². The topological polar surface area (TPSA) is 46.3 Å². The molecule has 3 nitrogen and oxygen atoms in total. The zero-order valence-electron chi connectivity index (χ0n) is 11.6. The molecule has 0 radical (unpaired) electrons. The fourth-order valence-corrected chi connectivity index (χ4v) is 2.81. The first-order chi connectivity index (χ1) is 8.52. The maximum absolute atomic E-state index is 12.1. The van der Waals surface area contributed by atoms with Crippen molar-refractivity contribution in [2.24, 2.45) is 17.6 Å². The summed E-state index contributed by atoms with van der Waals surface area (Å²) in [6.45, 7) is 5.64. The van der Waals surface area contributed by atoms with E-state index in [0.29, 0.717) is 31.3 Å². The Morgan fingerprint density at radius 2 is 2.22 bits per heavy atom. The molecule has 0 fully saturated rings. The highest BCUT2D eigenvalue weighted by molar-refractivity contribution is 7.09. The Bertz CT molecular complexity index is 349. The van der Waals surface area contributed by atoms with Crippen LogP contribution in [-0.2, 0) is 11.3 Å². The number of hydrogen-bond donors (Lipinski definition) is 1. The van der Waals surface area contributed by atoms with Crippen LogP contribution in [0.5, 0.6) is 0 Å². The van der Waals surface area contributed by atoms with Gasteiger partial charge in [-0.05, 0) is 36.2 Å². The lowest BCUT2D eigenvalue weighted by Crippen LogP contribution is -2.30. The van der Waals surface area contributed by atoms with Gasteiger partial charge in [-0.25, -0.2) is 0 Å². The molecule has 0 bridgehead atoms. The molecule has 1 amide bonds. The van der Waals surface area contributed by atoms with Crippen LogP contribution in [-0.4, -0.2) is 24.4 Å². The van der Waals surface area contributed by atoms with Crippen LogP contribution < -0.4 is 5.73 Å². The third-order valence-corrected chi connectivity index (χ3v) is 3.86. The molecule has 1 heterocycles. The van der Waals surface area contributed by atoms with E-state index in [1.54, 1.807) is 16.2 Å². The van der Waals surface area contributed by atoms with Gasteiger partial charge >= 0.3 is 0 Å². The molecule has 102 valence electrons. The maximum Gasteiger partial charge on any atom is 0.222 e. The number of thiophene rings is 1. The maximum atomic E-state index is 12.1. The third-order valence-electron chi connectivity index (χ3n) is 3.00. The molecule has 1 aromatic rings. The summed E-state index contributed by atoms with van der Waals surface area (Å²) < 4.78 is 0. The number of nitrogens with two attached hydrogens (primary N) is 1. The van der Waals surface area contributed by atoms with Crippen LogP contribution in [0.1, 0.15) is 31.6 Å². The molecule has 1 rings (SSSR count). The fraction of sp³-hybridized carbons (Fsp3) is 0.643. The van der Waals surface area contributed by atoms with Crippen LogP contribution in [0.4, 0.5) is 0 Å². The first-order valence-electron chi connectivity index (χ1n) is 6.49. The molecule has 2 N–H and O–H groups in total. The van der Waals surface area contributed by atoms with Crippen molar-refractivity contribution in [3.05, 3.63) is 22.4 Å². The number of nitrogens with zero attached hydrogens (tertiary/aromatic N) is 1. The van der Waals surface area contributed by atoms with Crippen LogP contribution in [0, 0.1) is 11.8 Å². The number of hydrogen-bond acceptors (Lipinski definition) is 3. The summed E-state index contributed by atoms with van der Waals surface area (Å²) in [5.41, 5.74) is 5.74. The molecule has 0 aromatic carbocycles. The van der Waals surface area contributed by atoms with Gasteiger partial charge in [-0.3, -0.25) is 4.79 Å². The molecular formula is C14H24N2OS. The van der Waals surface area contributed by atoms with E-state index in [1.165, 1.54) is 4.88 Å². The molecule has 1 aromatic heterocycles. The predicted molar refractivity (Wildman–Crippen MR) is 77.4 cm³/mol. The van der Waals surface area contributed by atoms with Gasteiger partial charge in [-0.1, -0.05) is 19.9 Å². The van der Waals surface area contributed by atoms with E-state index < -0.39 is 0 Å². The summed E-state index contributed by atoms with van der Waals surface area (Å²) in [5, 5.41) is 2.04. The average molecular weight is 268 g/mol. The minimum Gasteiger partial charge on any atom is -0.341 e. The van der Waals surface area contributed by atoms with E-state index in [1.807, 2.05) is 18.5 Å². The van der Waals surface area contributed by atoms with Crippen LogP contribution in [0.3, 0.4) is 0 Å². The molecule has 0 spiro atoms. The fourth-order valence-electron chi connectivity index (χ4n) is 2.06. The summed E-state index contributed by atoms with van der Waals surface area (Å²) in [6.07, 6.45) is 1.59. The minimum absolute atomic E-state index is 0.194. The number of carbonyl (C=O) groups excluding carboxylic acids is 1.